The van der Waals surface area contributed by atoms with Crippen LogP contribution in [0.2, 0.25) is 5.02 Å². The summed E-state index contributed by atoms with van der Waals surface area (Å²) >= 11 is 9.02. The Morgan fingerprint density at radius 2 is 2.12 bits per heavy atom. The Labute approximate surface area is 162 Å². The third-order valence-electron chi connectivity index (χ3n) is 4.03. The van der Waals surface area contributed by atoms with Crippen LogP contribution in [0.5, 0.6) is 0 Å². The van der Waals surface area contributed by atoms with Gasteiger partial charge in [0, 0.05) is 4.88 Å². The summed E-state index contributed by atoms with van der Waals surface area (Å²) in [4.78, 5) is 18.9. The molecule has 0 fully saturated rings. The number of para-hydroxylation sites is 1. The van der Waals surface area contributed by atoms with Crippen molar-refractivity contribution >= 4 is 62.2 Å². The zero-order valence-electron chi connectivity index (χ0n) is 14.0. The van der Waals surface area contributed by atoms with E-state index in [1.807, 2.05) is 16.5 Å². The van der Waals surface area contributed by atoms with E-state index in [2.05, 4.69) is 34.3 Å². The summed E-state index contributed by atoms with van der Waals surface area (Å²) in [7, 11) is 0. The summed E-state index contributed by atoms with van der Waals surface area (Å²) in [5.41, 5.74) is 2.54. The van der Waals surface area contributed by atoms with Gasteiger partial charge in [0.2, 0.25) is 5.91 Å². The topological polar surface area (TPSA) is 72.2 Å². The lowest BCUT2D eigenvalue weighted by atomic mass is 10.2. The van der Waals surface area contributed by atoms with Crippen molar-refractivity contribution in [1.29, 1.82) is 0 Å². The number of nitrogens with zero attached hydrogens (tertiary/aromatic N) is 4. The summed E-state index contributed by atoms with van der Waals surface area (Å²) in [5, 5.41) is 13.5. The van der Waals surface area contributed by atoms with Crippen LogP contribution in [0.25, 0.3) is 15.9 Å². The Morgan fingerprint density at radius 1 is 1.31 bits per heavy atom. The monoisotopic (exact) mass is 403 g/mol. The molecule has 0 atom stereocenters. The highest BCUT2D eigenvalue weighted by molar-refractivity contribution is 7.99. The molecule has 9 heteroatoms. The number of carbonyl (C=O) groups is 1. The second kappa shape index (κ2) is 6.86. The molecular weight excluding hydrogens is 390 g/mol. The Bertz CT molecular complexity index is 1140. The molecule has 0 bridgehead atoms. The highest BCUT2D eigenvalue weighted by Gasteiger charge is 2.16. The minimum absolute atomic E-state index is 0.156. The van der Waals surface area contributed by atoms with Crippen molar-refractivity contribution in [2.24, 2.45) is 0 Å². The van der Waals surface area contributed by atoms with Gasteiger partial charge in [0.25, 0.3) is 0 Å². The van der Waals surface area contributed by atoms with Gasteiger partial charge in [-0.05, 0) is 31.5 Å². The van der Waals surface area contributed by atoms with Crippen molar-refractivity contribution in [3.63, 3.8) is 0 Å². The van der Waals surface area contributed by atoms with Gasteiger partial charge in [-0.2, -0.15) is 0 Å². The number of benzene rings is 1. The maximum Gasteiger partial charge on any atom is 0.234 e. The molecule has 6 nitrogen and oxygen atoms in total. The number of thiophene rings is 1. The van der Waals surface area contributed by atoms with Crippen LogP contribution < -0.4 is 5.32 Å². The molecule has 26 heavy (non-hydrogen) atoms. The third kappa shape index (κ3) is 3.04. The first-order valence-corrected chi connectivity index (χ1v) is 9.99. The van der Waals surface area contributed by atoms with Gasteiger partial charge in [-0.1, -0.05) is 35.5 Å². The Morgan fingerprint density at radius 3 is 2.92 bits per heavy atom. The van der Waals surface area contributed by atoms with Crippen LogP contribution >= 0.6 is 34.7 Å². The van der Waals surface area contributed by atoms with Crippen LogP contribution in [-0.2, 0) is 4.79 Å². The molecule has 0 aliphatic heterocycles. The predicted octanol–water partition coefficient (Wildman–Crippen LogP) is 4.34. The first kappa shape index (κ1) is 17.3. The number of nitrogens with one attached hydrogen (secondary N) is 1. The van der Waals surface area contributed by atoms with Crippen molar-refractivity contribution < 1.29 is 4.79 Å². The molecule has 0 aliphatic carbocycles. The number of aromatic nitrogens is 4. The van der Waals surface area contributed by atoms with Crippen LogP contribution in [0.1, 0.15) is 10.4 Å². The summed E-state index contributed by atoms with van der Waals surface area (Å²) in [6.07, 6.45) is 1.71. The number of rotatable bonds is 4. The molecule has 3 heterocycles. The lowest BCUT2D eigenvalue weighted by Crippen LogP contribution is -2.14. The molecule has 0 spiro atoms. The van der Waals surface area contributed by atoms with E-state index in [0.29, 0.717) is 15.9 Å². The van der Waals surface area contributed by atoms with Gasteiger partial charge in [0.05, 0.1) is 21.8 Å². The van der Waals surface area contributed by atoms with Gasteiger partial charge in [-0.25, -0.2) is 4.98 Å². The molecule has 0 unspecified atom stereocenters. The fourth-order valence-corrected chi connectivity index (χ4v) is 4.48. The normalized spacial score (nSPS) is 11.3. The highest BCUT2D eigenvalue weighted by Crippen LogP contribution is 2.32. The molecule has 1 amide bonds. The largest absolute Gasteiger partial charge is 0.324 e. The van der Waals surface area contributed by atoms with Crippen molar-refractivity contribution in [1.82, 2.24) is 19.6 Å². The molecule has 1 N–H and O–H groups in total. The number of hydrogen-bond acceptors (Lipinski definition) is 6. The average molecular weight is 404 g/mol. The van der Waals surface area contributed by atoms with E-state index in [1.165, 1.54) is 22.2 Å². The second-order valence-electron chi connectivity index (χ2n) is 5.70. The SMILES string of the molecule is Cc1sc2ncn3c(SCC(=O)Nc4ccccc4Cl)nnc3c2c1C. The molecular formula is C17H14ClN5OS2. The first-order chi connectivity index (χ1) is 12.5. The number of thioether (sulfide) groups is 1. The van der Waals surface area contributed by atoms with E-state index in [9.17, 15) is 4.79 Å². The molecule has 132 valence electrons. The fraction of sp³-hybridized carbons (Fsp3) is 0.176. The number of anilines is 1. The van der Waals surface area contributed by atoms with Crippen molar-refractivity contribution in [3.8, 4) is 0 Å². The zero-order valence-corrected chi connectivity index (χ0v) is 16.4. The van der Waals surface area contributed by atoms with E-state index in [1.54, 1.807) is 29.8 Å². The van der Waals surface area contributed by atoms with Gasteiger partial charge < -0.3 is 5.32 Å². The van der Waals surface area contributed by atoms with Gasteiger partial charge >= 0.3 is 0 Å². The Balaban J connectivity index is 1.55. The molecule has 0 saturated carbocycles. The Hall–Kier alpha value is -2.16. The molecule has 0 radical (unpaired) electrons. The smallest absolute Gasteiger partial charge is 0.234 e. The number of carbonyl (C=O) groups excluding carboxylic acids is 1. The zero-order chi connectivity index (χ0) is 18.3. The second-order valence-corrected chi connectivity index (χ2v) is 8.25. The molecule has 0 saturated heterocycles. The Kier molecular flexibility index (Phi) is 4.56. The minimum Gasteiger partial charge on any atom is -0.324 e. The molecule has 4 rings (SSSR count). The molecule has 3 aromatic heterocycles. The average Bonchev–Trinajstić information content (AvgIpc) is 3.16. The lowest BCUT2D eigenvalue weighted by molar-refractivity contribution is -0.113. The minimum atomic E-state index is -0.156. The summed E-state index contributed by atoms with van der Waals surface area (Å²) in [5.74, 6) is 0.0440. The number of hydrogen-bond donors (Lipinski definition) is 1. The summed E-state index contributed by atoms with van der Waals surface area (Å²) in [6.45, 7) is 4.14. The van der Waals surface area contributed by atoms with Gasteiger partial charge in [-0.15, -0.1) is 21.5 Å². The maximum absolute atomic E-state index is 12.2. The van der Waals surface area contributed by atoms with E-state index >= 15 is 0 Å². The fourth-order valence-electron chi connectivity index (χ4n) is 2.60. The van der Waals surface area contributed by atoms with E-state index in [4.69, 9.17) is 11.6 Å². The van der Waals surface area contributed by atoms with Crippen LogP contribution in [-0.4, -0.2) is 31.2 Å². The van der Waals surface area contributed by atoms with Gasteiger partial charge in [-0.3, -0.25) is 9.20 Å². The van der Waals surface area contributed by atoms with Crippen molar-refractivity contribution in [2.75, 3.05) is 11.1 Å². The van der Waals surface area contributed by atoms with E-state index in [0.717, 1.165) is 15.9 Å². The lowest BCUT2D eigenvalue weighted by Gasteiger charge is -2.06. The van der Waals surface area contributed by atoms with Crippen LogP contribution in [0.15, 0.2) is 35.7 Å². The maximum atomic E-state index is 12.2. The van der Waals surface area contributed by atoms with Crippen LogP contribution in [0, 0.1) is 13.8 Å². The van der Waals surface area contributed by atoms with Crippen LogP contribution in [0.4, 0.5) is 5.69 Å². The van der Waals surface area contributed by atoms with Gasteiger partial charge in [0.15, 0.2) is 10.8 Å². The van der Waals surface area contributed by atoms with Crippen molar-refractivity contribution in [2.45, 2.75) is 19.0 Å². The summed E-state index contributed by atoms with van der Waals surface area (Å²) < 4.78 is 1.83. The quantitative estimate of drug-likeness (QED) is 0.513. The molecule has 1 aromatic carbocycles. The highest BCUT2D eigenvalue weighted by atomic mass is 35.5. The van der Waals surface area contributed by atoms with Gasteiger partial charge in [0.1, 0.15) is 11.2 Å². The number of halogens is 1. The standard InChI is InChI=1S/C17H14ClN5OS2/c1-9-10(2)26-16-14(9)15-21-22-17(23(15)8-19-16)25-7-13(24)20-12-6-4-3-5-11(12)18/h3-6,8H,7H2,1-2H3,(H,20,24). The summed E-state index contributed by atoms with van der Waals surface area (Å²) in [6, 6.07) is 7.14. The van der Waals surface area contributed by atoms with Crippen molar-refractivity contribution in [3.05, 3.63) is 46.1 Å². The van der Waals surface area contributed by atoms with Crippen LogP contribution in [0.3, 0.4) is 0 Å². The number of amides is 1. The first-order valence-electron chi connectivity index (χ1n) is 7.81. The number of aryl methyl sites for hydroxylation is 2. The predicted molar refractivity (Wildman–Crippen MR) is 106 cm³/mol. The number of fused-ring (bicyclic) bond motifs is 3. The van der Waals surface area contributed by atoms with E-state index in [-0.39, 0.29) is 11.7 Å². The molecule has 4 aromatic rings. The third-order valence-corrected chi connectivity index (χ3v) is 6.41. The molecule has 0 aliphatic rings. The van der Waals surface area contributed by atoms with E-state index < -0.39 is 0 Å².